The number of non-ortho nitro benzene ring substituents is 1. The average molecular weight is 573 g/mol. The predicted octanol–water partition coefficient (Wildman–Crippen LogP) is 2.24. The lowest BCUT2D eigenvalue weighted by Crippen LogP contribution is -2.37. The predicted molar refractivity (Wildman–Crippen MR) is 118 cm³/mol. The van der Waals surface area contributed by atoms with Crippen molar-refractivity contribution >= 4 is 66.9 Å². The van der Waals surface area contributed by atoms with Crippen LogP contribution < -0.4 is 5.32 Å². The molecule has 1 aliphatic heterocycles. The number of likely N-dealkylation sites (tertiary alicyclic amines) is 1. The van der Waals surface area contributed by atoms with Crippen molar-refractivity contribution in [2.45, 2.75) is 22.5 Å². The van der Waals surface area contributed by atoms with E-state index in [0.717, 1.165) is 11.3 Å². The number of hydrogen-bond donors (Lipinski definition) is 1. The number of rotatable bonds is 7. The minimum Gasteiger partial charge on any atom is -0.456 e. The number of nitro groups is 1. The maximum Gasteiger partial charge on any atom is 0.308 e. The minimum absolute atomic E-state index is 0.0880. The molecule has 1 heterocycles. The second kappa shape index (κ2) is 8.89. The van der Waals surface area contributed by atoms with E-state index < -0.39 is 23.4 Å². The highest BCUT2D eigenvalue weighted by molar-refractivity contribution is 9.12. The lowest BCUT2D eigenvalue weighted by molar-refractivity contribution is -0.384. The summed E-state index contributed by atoms with van der Waals surface area (Å²) in [6.45, 7) is -0.676. The van der Waals surface area contributed by atoms with Crippen molar-refractivity contribution in [2.24, 2.45) is 23.7 Å². The third-order valence-corrected chi connectivity index (χ3v) is 9.53. The lowest BCUT2D eigenvalue weighted by Gasteiger charge is -2.28. The number of esters is 1. The van der Waals surface area contributed by atoms with Crippen LogP contribution in [0, 0.1) is 33.8 Å². The molecule has 1 N–H and O–H groups in total. The van der Waals surface area contributed by atoms with Crippen molar-refractivity contribution in [3.63, 3.8) is 0 Å². The molecule has 3 aliphatic rings. The molecule has 3 fully saturated rings. The summed E-state index contributed by atoms with van der Waals surface area (Å²) in [6.07, 6.45) is 0.611. The number of ether oxygens (including phenoxy) is 1. The number of nitro benzene ring substituents is 1. The summed E-state index contributed by atoms with van der Waals surface area (Å²) in [7, 11) is 0. The van der Waals surface area contributed by atoms with Gasteiger partial charge >= 0.3 is 5.97 Å². The first-order valence-electron chi connectivity index (χ1n) is 10.0. The monoisotopic (exact) mass is 571 g/mol. The highest BCUT2D eigenvalue weighted by Gasteiger charge is 2.66. The van der Waals surface area contributed by atoms with Gasteiger partial charge in [-0.05, 0) is 24.3 Å². The third kappa shape index (κ3) is 4.05. The normalized spacial score (nSPS) is 30.4. The number of amides is 3. The Morgan fingerprint density at radius 2 is 1.78 bits per heavy atom. The fraction of sp³-hybridized carbons (Fsp3) is 0.500. The zero-order chi connectivity index (χ0) is 23.2. The van der Waals surface area contributed by atoms with Gasteiger partial charge in [-0.25, -0.2) is 0 Å². The van der Waals surface area contributed by atoms with Crippen molar-refractivity contribution in [3.05, 3.63) is 34.4 Å². The van der Waals surface area contributed by atoms with Crippen molar-refractivity contribution in [1.82, 2.24) is 4.90 Å². The van der Waals surface area contributed by atoms with Crippen LogP contribution in [0.15, 0.2) is 24.3 Å². The van der Waals surface area contributed by atoms with Crippen LogP contribution in [0.5, 0.6) is 0 Å². The smallest absolute Gasteiger partial charge is 0.308 e. The van der Waals surface area contributed by atoms with Gasteiger partial charge in [0.05, 0.1) is 23.2 Å². The molecule has 2 bridgehead atoms. The van der Waals surface area contributed by atoms with Crippen LogP contribution in [0.4, 0.5) is 11.4 Å². The molecule has 1 aromatic rings. The number of carbonyl (C=O) groups excluding carboxylic acids is 4. The first-order chi connectivity index (χ1) is 15.2. The SMILES string of the molecule is O=C(COC(=O)CCN1C(=O)[C@@H]2[C@H]3C[C@@H]([C@H](Br)[C@H]3Br)[C@@H]2C1=O)Nc1cccc([N+](=O)[O-])c1. The number of halogens is 2. The van der Waals surface area contributed by atoms with Gasteiger partial charge in [0.2, 0.25) is 11.8 Å². The van der Waals surface area contributed by atoms with Crippen LogP contribution in [0.25, 0.3) is 0 Å². The maximum atomic E-state index is 12.8. The first kappa shape index (κ1) is 22.8. The van der Waals surface area contributed by atoms with Gasteiger partial charge in [-0.3, -0.25) is 34.2 Å². The van der Waals surface area contributed by atoms with Crippen LogP contribution >= 0.6 is 31.9 Å². The van der Waals surface area contributed by atoms with Crippen molar-refractivity contribution in [2.75, 3.05) is 18.5 Å². The van der Waals surface area contributed by atoms with Crippen molar-refractivity contribution < 1.29 is 28.8 Å². The number of hydrogen-bond acceptors (Lipinski definition) is 7. The summed E-state index contributed by atoms with van der Waals surface area (Å²) in [5.41, 5.74) is 0.0141. The van der Waals surface area contributed by atoms with Gasteiger partial charge in [-0.1, -0.05) is 37.9 Å². The lowest BCUT2D eigenvalue weighted by atomic mass is 9.81. The number of alkyl halides is 2. The molecule has 1 aromatic carbocycles. The van der Waals surface area contributed by atoms with Gasteiger partial charge < -0.3 is 10.1 Å². The molecule has 10 nitrogen and oxygen atoms in total. The molecule has 0 unspecified atom stereocenters. The molecule has 1 saturated heterocycles. The van der Waals surface area contributed by atoms with Crippen molar-refractivity contribution in [3.8, 4) is 0 Å². The zero-order valence-corrected chi connectivity index (χ0v) is 19.8. The Kier molecular flexibility index (Phi) is 6.35. The Morgan fingerprint density at radius 1 is 1.16 bits per heavy atom. The highest BCUT2D eigenvalue weighted by atomic mass is 79.9. The summed E-state index contributed by atoms with van der Waals surface area (Å²) in [5.74, 6) is -2.37. The van der Waals surface area contributed by atoms with Gasteiger partial charge in [0.25, 0.3) is 11.6 Å². The standard InChI is InChI=1S/C20H19Br2N3O7/c21-17-11-7-12(18(17)22)16-15(11)19(28)24(20(16)29)5-4-14(27)32-8-13(26)23-9-2-1-3-10(6-9)25(30)31/h1-3,6,11-12,15-18H,4-5,7-8H2,(H,23,26)/t11-,12-,15-,16+,17+,18+/m1/s1. The van der Waals surface area contributed by atoms with E-state index in [-0.39, 0.29) is 69.5 Å². The summed E-state index contributed by atoms with van der Waals surface area (Å²) in [4.78, 5) is 61.2. The van der Waals surface area contributed by atoms with E-state index in [1.165, 1.54) is 24.3 Å². The summed E-state index contributed by atoms with van der Waals surface area (Å²) < 4.78 is 4.92. The highest BCUT2D eigenvalue weighted by Crippen LogP contribution is 2.60. The van der Waals surface area contributed by atoms with E-state index in [1.54, 1.807) is 0 Å². The second-order valence-corrected chi connectivity index (χ2v) is 10.2. The van der Waals surface area contributed by atoms with Gasteiger partial charge in [0, 0.05) is 34.0 Å². The quantitative estimate of drug-likeness (QED) is 0.174. The zero-order valence-electron chi connectivity index (χ0n) is 16.6. The first-order valence-corrected chi connectivity index (χ1v) is 11.9. The van der Waals surface area contributed by atoms with Crippen LogP contribution in [-0.2, 0) is 23.9 Å². The molecule has 32 heavy (non-hydrogen) atoms. The Balaban J connectivity index is 1.25. The molecule has 0 radical (unpaired) electrons. The van der Waals surface area contributed by atoms with E-state index in [2.05, 4.69) is 37.2 Å². The van der Waals surface area contributed by atoms with Gasteiger partial charge in [0.1, 0.15) is 0 Å². The molecule has 2 saturated carbocycles. The number of nitrogens with one attached hydrogen (secondary N) is 1. The van der Waals surface area contributed by atoms with Gasteiger partial charge in [0.15, 0.2) is 6.61 Å². The topological polar surface area (TPSA) is 136 Å². The molecule has 12 heteroatoms. The Labute approximate surface area is 199 Å². The van der Waals surface area contributed by atoms with Crippen LogP contribution in [0.1, 0.15) is 12.8 Å². The Hall–Kier alpha value is -2.34. The summed E-state index contributed by atoms with van der Waals surface area (Å²) in [5, 5.41) is 13.2. The van der Waals surface area contributed by atoms with Gasteiger partial charge in [-0.15, -0.1) is 0 Å². The fourth-order valence-corrected chi connectivity index (χ4v) is 6.82. The minimum atomic E-state index is -0.725. The number of benzene rings is 1. The van der Waals surface area contributed by atoms with E-state index in [4.69, 9.17) is 4.74 Å². The van der Waals surface area contributed by atoms with Crippen LogP contribution in [-0.4, -0.2) is 56.3 Å². The van der Waals surface area contributed by atoms with E-state index >= 15 is 0 Å². The van der Waals surface area contributed by atoms with Gasteiger partial charge in [-0.2, -0.15) is 0 Å². The molecular formula is C20H19Br2N3O7. The third-order valence-electron chi connectivity index (χ3n) is 6.32. The molecule has 2 aliphatic carbocycles. The number of fused-ring (bicyclic) bond motifs is 5. The molecule has 0 aromatic heterocycles. The molecule has 170 valence electrons. The van der Waals surface area contributed by atoms with E-state index in [1.807, 2.05) is 0 Å². The summed E-state index contributed by atoms with van der Waals surface area (Å²) >= 11 is 7.24. The van der Waals surface area contributed by atoms with Crippen LogP contribution in [0.2, 0.25) is 0 Å². The number of imide groups is 1. The molecular weight excluding hydrogens is 554 g/mol. The second-order valence-electron chi connectivity index (χ2n) is 8.10. The number of anilines is 1. The Bertz CT molecular complexity index is 971. The van der Waals surface area contributed by atoms with Crippen molar-refractivity contribution in [1.29, 1.82) is 0 Å². The largest absolute Gasteiger partial charge is 0.456 e. The Morgan fingerprint density at radius 3 is 2.38 bits per heavy atom. The molecule has 3 amide bonds. The molecule has 4 rings (SSSR count). The summed E-state index contributed by atoms with van der Waals surface area (Å²) in [6, 6.07) is 5.35. The van der Waals surface area contributed by atoms with E-state index in [9.17, 15) is 29.3 Å². The number of carbonyl (C=O) groups is 4. The molecule has 6 atom stereocenters. The fourth-order valence-electron chi connectivity index (χ4n) is 4.95. The average Bonchev–Trinajstić information content (AvgIpc) is 3.36. The van der Waals surface area contributed by atoms with E-state index in [0.29, 0.717) is 0 Å². The van der Waals surface area contributed by atoms with Crippen LogP contribution in [0.3, 0.4) is 0 Å². The molecule has 0 spiro atoms. The number of nitrogens with zero attached hydrogens (tertiary/aromatic N) is 2. The maximum absolute atomic E-state index is 12.8.